The van der Waals surface area contributed by atoms with Gasteiger partial charge in [0.1, 0.15) is 17.8 Å². The van der Waals surface area contributed by atoms with Gasteiger partial charge in [-0.3, -0.25) is 24.5 Å². The SMILES string of the molecule is CNC(=O)CCN(C=O)c1nn(C)c2nc(C3CCN(C(O)(O)C4CCCN(Sc5ccc(Nc6nc7c(OC(C)C)c(-c8cn[nH]c8)ncn7n6)c(F)c5)C4)CC3)ccc12. The van der Waals surface area contributed by atoms with Gasteiger partial charge in [-0.15, -0.1) is 5.10 Å². The molecule has 6 aromatic rings. The Labute approximate surface area is 354 Å². The zero-order valence-electron chi connectivity index (χ0n) is 34.3. The number of halogens is 1. The fourth-order valence-corrected chi connectivity index (χ4v) is 9.03. The summed E-state index contributed by atoms with van der Waals surface area (Å²) >= 11 is 1.38. The molecule has 21 heteroatoms. The predicted octanol–water partition coefficient (Wildman–Crippen LogP) is 3.80. The van der Waals surface area contributed by atoms with Crippen molar-refractivity contribution in [2.75, 3.05) is 50.0 Å². The van der Waals surface area contributed by atoms with Crippen LogP contribution in [0.2, 0.25) is 0 Å². The molecule has 2 amide bonds. The molecule has 7 heterocycles. The van der Waals surface area contributed by atoms with E-state index in [0.29, 0.717) is 90.7 Å². The lowest BCUT2D eigenvalue weighted by Crippen LogP contribution is -2.59. The van der Waals surface area contributed by atoms with Crippen LogP contribution >= 0.6 is 11.9 Å². The molecule has 19 nitrogen and oxygen atoms in total. The quantitative estimate of drug-likeness (QED) is 0.0564. The van der Waals surface area contributed by atoms with E-state index in [-0.39, 0.29) is 42.5 Å². The van der Waals surface area contributed by atoms with Crippen molar-refractivity contribution in [1.82, 2.24) is 59.1 Å². The number of rotatable bonds is 15. The number of nitrogens with one attached hydrogen (secondary N) is 3. The van der Waals surface area contributed by atoms with E-state index in [1.54, 1.807) is 48.2 Å². The average Bonchev–Trinajstić information content (AvgIpc) is 4.02. The van der Waals surface area contributed by atoms with Crippen LogP contribution in [-0.2, 0) is 16.6 Å². The second-order valence-electron chi connectivity index (χ2n) is 15.6. The maximum Gasteiger partial charge on any atom is 0.247 e. The molecule has 1 atom stereocenters. The number of benzene rings is 1. The third-order valence-electron chi connectivity index (χ3n) is 11.1. The molecule has 5 aromatic heterocycles. The smallest absolute Gasteiger partial charge is 0.247 e. The summed E-state index contributed by atoms with van der Waals surface area (Å²) in [5.41, 5.74) is 3.39. The highest BCUT2D eigenvalue weighted by Crippen LogP contribution is 2.39. The number of fused-ring (bicyclic) bond motifs is 2. The zero-order chi connectivity index (χ0) is 42.8. The summed E-state index contributed by atoms with van der Waals surface area (Å²) in [5, 5.41) is 45.3. The molecule has 2 saturated heterocycles. The van der Waals surface area contributed by atoms with Crippen molar-refractivity contribution in [3.05, 3.63) is 60.6 Å². The normalized spacial score (nSPS) is 17.0. The molecule has 322 valence electrons. The fraction of sp³-hybridized carbons (Fsp3) is 0.450. The fourth-order valence-electron chi connectivity index (χ4n) is 7.97. The Kier molecular flexibility index (Phi) is 12.2. The molecule has 0 aliphatic carbocycles. The summed E-state index contributed by atoms with van der Waals surface area (Å²) in [5.74, 6) is -2.01. The summed E-state index contributed by atoms with van der Waals surface area (Å²) in [4.78, 5) is 41.5. The molecular weight excluding hydrogens is 808 g/mol. The molecule has 2 aliphatic heterocycles. The number of carbonyl (C=O) groups is 2. The number of nitrogens with zero attached hydrogens (tertiary/aromatic N) is 11. The number of hydrogen-bond acceptors (Lipinski definition) is 15. The molecule has 0 bridgehead atoms. The predicted molar refractivity (Wildman–Crippen MR) is 225 cm³/mol. The number of pyridine rings is 1. The largest absolute Gasteiger partial charge is 0.485 e. The first-order chi connectivity index (χ1) is 29.4. The number of aryl methyl sites for hydroxylation is 1. The van der Waals surface area contributed by atoms with Crippen molar-refractivity contribution in [2.45, 2.75) is 68.8 Å². The van der Waals surface area contributed by atoms with Crippen LogP contribution in [0, 0.1) is 11.7 Å². The van der Waals surface area contributed by atoms with E-state index in [1.807, 2.05) is 26.0 Å². The van der Waals surface area contributed by atoms with Gasteiger partial charge in [-0.05, 0) is 81.8 Å². The van der Waals surface area contributed by atoms with Gasteiger partial charge in [-0.1, -0.05) is 0 Å². The number of H-pyrrole nitrogens is 1. The Morgan fingerprint density at radius 1 is 1.13 bits per heavy atom. The van der Waals surface area contributed by atoms with Crippen molar-refractivity contribution < 1.29 is 28.9 Å². The highest BCUT2D eigenvalue weighted by atomic mass is 32.2. The molecule has 1 aromatic carbocycles. The van der Waals surface area contributed by atoms with Gasteiger partial charge < -0.3 is 25.6 Å². The van der Waals surface area contributed by atoms with Crippen molar-refractivity contribution in [2.24, 2.45) is 13.0 Å². The number of likely N-dealkylation sites (tertiary alicyclic amines) is 1. The van der Waals surface area contributed by atoms with E-state index in [0.717, 1.165) is 17.7 Å². The first kappa shape index (κ1) is 42.0. The van der Waals surface area contributed by atoms with E-state index in [4.69, 9.17) is 9.72 Å². The van der Waals surface area contributed by atoms with E-state index < -0.39 is 17.6 Å². The minimum absolute atomic E-state index is 0.0911. The molecule has 1 unspecified atom stereocenters. The van der Waals surface area contributed by atoms with Crippen LogP contribution in [-0.4, -0.2) is 128 Å². The summed E-state index contributed by atoms with van der Waals surface area (Å²) in [6, 6.07) is 8.73. The Hall–Kier alpha value is -5.74. The van der Waals surface area contributed by atoms with Crippen LogP contribution in [0.3, 0.4) is 0 Å². The topological polar surface area (TPSA) is 220 Å². The molecule has 2 aliphatic rings. The third-order valence-corrected chi connectivity index (χ3v) is 12.2. The molecule has 2 fully saturated rings. The lowest BCUT2D eigenvalue weighted by molar-refractivity contribution is -0.303. The zero-order valence-corrected chi connectivity index (χ0v) is 35.1. The van der Waals surface area contributed by atoms with Crippen molar-refractivity contribution in [3.8, 4) is 17.0 Å². The lowest BCUT2D eigenvalue weighted by Gasteiger charge is -2.46. The van der Waals surface area contributed by atoms with Gasteiger partial charge in [0.2, 0.25) is 29.8 Å². The third kappa shape index (κ3) is 8.87. The van der Waals surface area contributed by atoms with E-state index >= 15 is 4.39 Å². The van der Waals surface area contributed by atoms with E-state index in [9.17, 15) is 19.8 Å². The maximum atomic E-state index is 15.6. The van der Waals surface area contributed by atoms with Crippen LogP contribution < -0.4 is 20.3 Å². The molecule has 8 rings (SSSR count). The van der Waals surface area contributed by atoms with Crippen molar-refractivity contribution in [3.63, 3.8) is 0 Å². The lowest BCUT2D eigenvalue weighted by atomic mass is 9.89. The highest BCUT2D eigenvalue weighted by molar-refractivity contribution is 7.97. The summed E-state index contributed by atoms with van der Waals surface area (Å²) in [6.45, 7) is 6.04. The summed E-state index contributed by atoms with van der Waals surface area (Å²) in [6.07, 6.45) is 8.25. The number of aromatic nitrogens is 9. The number of carbonyl (C=O) groups excluding carboxylic acids is 2. The highest BCUT2D eigenvalue weighted by Gasteiger charge is 2.44. The van der Waals surface area contributed by atoms with Gasteiger partial charge in [-0.2, -0.15) is 19.7 Å². The maximum absolute atomic E-state index is 15.6. The van der Waals surface area contributed by atoms with E-state index in [2.05, 4.69) is 45.3 Å². The number of hydrogen-bond donors (Lipinski definition) is 5. The first-order valence-electron chi connectivity index (χ1n) is 20.3. The number of aliphatic hydroxyl groups is 2. The summed E-state index contributed by atoms with van der Waals surface area (Å²) < 4.78 is 26.8. The second-order valence-corrected chi connectivity index (χ2v) is 16.8. The monoisotopic (exact) mass is 856 g/mol. The molecular formula is C40H49FN14O5S. The summed E-state index contributed by atoms with van der Waals surface area (Å²) in [7, 11) is 3.32. The molecule has 61 heavy (non-hydrogen) atoms. The number of piperidine rings is 2. The van der Waals surface area contributed by atoms with Crippen LogP contribution in [0.5, 0.6) is 5.75 Å². The number of amides is 2. The van der Waals surface area contributed by atoms with Gasteiger partial charge in [0.15, 0.2) is 17.2 Å². The van der Waals surface area contributed by atoms with Crippen LogP contribution in [0.1, 0.15) is 57.6 Å². The Morgan fingerprint density at radius 2 is 1.95 bits per heavy atom. The van der Waals surface area contributed by atoms with Crippen LogP contribution in [0.4, 0.5) is 21.8 Å². The van der Waals surface area contributed by atoms with Crippen LogP contribution in [0.25, 0.3) is 27.9 Å². The second kappa shape index (κ2) is 17.7. The average molecular weight is 857 g/mol. The number of aromatic amines is 1. The molecule has 5 N–H and O–H groups in total. The molecule has 0 radical (unpaired) electrons. The van der Waals surface area contributed by atoms with Crippen LogP contribution in [0.15, 0.2) is 53.9 Å². The first-order valence-corrected chi connectivity index (χ1v) is 21.1. The minimum atomic E-state index is -2.03. The molecule has 0 saturated carbocycles. The Morgan fingerprint density at radius 3 is 2.67 bits per heavy atom. The molecule has 0 spiro atoms. The van der Waals surface area contributed by atoms with E-state index in [1.165, 1.54) is 33.8 Å². The van der Waals surface area contributed by atoms with Crippen molar-refractivity contribution in [1.29, 1.82) is 0 Å². The van der Waals surface area contributed by atoms with Crippen molar-refractivity contribution >= 4 is 58.4 Å². The van der Waals surface area contributed by atoms with Gasteiger partial charge in [0.25, 0.3) is 0 Å². The standard InChI is InChI=1S/C40H49FN14O5S/c1-24(2)60-35-34(26-19-44-45-20-26)43-22-55-38(35)48-39(50-55)47-32-9-7-28(18-30(32)41)61-54-14-5-6-27(21-54)40(58,59)53-16-11-25(12-17-53)31-10-8-29-36(46-31)51(4)49-37(29)52(23-56)15-13-33(57)42-3/h7-10,18-20,22-25,27,58-59H,5-6,11-17,21H2,1-4H3,(H,42,57)(H,44,45)(H,47,50). The Bertz CT molecular complexity index is 2500. The van der Waals surface area contributed by atoms with Gasteiger partial charge >= 0.3 is 0 Å². The van der Waals surface area contributed by atoms with Gasteiger partial charge in [-0.25, -0.2) is 23.3 Å². The number of ether oxygens (including phenoxy) is 1. The number of anilines is 3. The minimum Gasteiger partial charge on any atom is -0.485 e. The van der Waals surface area contributed by atoms with Gasteiger partial charge in [0.05, 0.1) is 23.4 Å². The van der Waals surface area contributed by atoms with Gasteiger partial charge in [0, 0.05) is 87.4 Å². The Balaban J connectivity index is 0.878.